The predicted molar refractivity (Wildman–Crippen MR) is 109 cm³/mol. The molecule has 150 valence electrons. The third kappa shape index (κ3) is 6.40. The molecule has 0 spiro atoms. The minimum absolute atomic E-state index is 0.0776. The van der Waals surface area contributed by atoms with E-state index in [1.165, 1.54) is 12.1 Å². The van der Waals surface area contributed by atoms with Gasteiger partial charge in [0.15, 0.2) is 18.1 Å². The van der Waals surface area contributed by atoms with Crippen LogP contribution in [0, 0.1) is 11.3 Å². The van der Waals surface area contributed by atoms with E-state index in [2.05, 4.69) is 5.32 Å². The first-order valence-electron chi connectivity index (χ1n) is 9.10. The fraction of sp³-hybridized carbons (Fsp3) is 0.227. The quantitative estimate of drug-likeness (QED) is 0.496. The summed E-state index contributed by atoms with van der Waals surface area (Å²) in [6, 6.07) is 14.0. The maximum absolute atomic E-state index is 12.4. The summed E-state index contributed by atoms with van der Waals surface area (Å²) in [5, 5.41) is 20.8. The molecule has 7 heteroatoms. The van der Waals surface area contributed by atoms with E-state index in [1.54, 1.807) is 31.2 Å². The van der Waals surface area contributed by atoms with Crippen LogP contribution in [0.25, 0.3) is 6.08 Å². The fourth-order valence-electron chi connectivity index (χ4n) is 2.48. The number of nitrogens with one attached hydrogen (secondary N) is 1. The molecule has 0 heterocycles. The van der Waals surface area contributed by atoms with Crippen molar-refractivity contribution < 1.29 is 24.2 Å². The average Bonchev–Trinajstić information content (AvgIpc) is 2.72. The van der Waals surface area contributed by atoms with Crippen LogP contribution in [0.3, 0.4) is 0 Å². The summed E-state index contributed by atoms with van der Waals surface area (Å²) in [4.78, 5) is 23.1. The fourth-order valence-corrected chi connectivity index (χ4v) is 2.48. The van der Waals surface area contributed by atoms with Gasteiger partial charge in [0.1, 0.15) is 11.6 Å². The summed E-state index contributed by atoms with van der Waals surface area (Å²) in [5.74, 6) is -1.03. The summed E-state index contributed by atoms with van der Waals surface area (Å²) in [6.45, 7) is 3.66. The highest BCUT2D eigenvalue weighted by Gasteiger charge is 2.12. The number of ether oxygens (including phenoxy) is 2. The lowest BCUT2D eigenvalue weighted by Gasteiger charge is -2.11. The van der Waals surface area contributed by atoms with Gasteiger partial charge in [-0.05, 0) is 54.8 Å². The van der Waals surface area contributed by atoms with Crippen LogP contribution in [0.2, 0.25) is 0 Å². The lowest BCUT2D eigenvalue weighted by molar-refractivity contribution is -0.139. The van der Waals surface area contributed by atoms with Crippen molar-refractivity contribution in [3.63, 3.8) is 0 Å². The van der Waals surface area contributed by atoms with Crippen molar-refractivity contribution in [2.45, 2.75) is 20.3 Å². The number of amides is 1. The van der Waals surface area contributed by atoms with E-state index in [-0.39, 0.29) is 11.3 Å². The van der Waals surface area contributed by atoms with E-state index in [9.17, 15) is 14.9 Å². The van der Waals surface area contributed by atoms with Crippen molar-refractivity contribution in [1.29, 1.82) is 5.26 Å². The van der Waals surface area contributed by atoms with Crippen molar-refractivity contribution in [3.05, 3.63) is 59.2 Å². The van der Waals surface area contributed by atoms with Gasteiger partial charge >= 0.3 is 5.97 Å². The molecule has 0 fully saturated rings. The van der Waals surface area contributed by atoms with Crippen LogP contribution in [0.5, 0.6) is 11.5 Å². The Morgan fingerprint density at radius 3 is 2.41 bits per heavy atom. The highest BCUT2D eigenvalue weighted by atomic mass is 16.5. The number of benzene rings is 2. The molecule has 2 aromatic carbocycles. The number of rotatable bonds is 9. The molecule has 0 aliphatic rings. The summed E-state index contributed by atoms with van der Waals surface area (Å²) < 4.78 is 10.7. The van der Waals surface area contributed by atoms with E-state index in [0.717, 1.165) is 12.0 Å². The molecule has 0 saturated heterocycles. The lowest BCUT2D eigenvalue weighted by atomic mass is 10.1. The third-order valence-corrected chi connectivity index (χ3v) is 3.91. The summed E-state index contributed by atoms with van der Waals surface area (Å²) in [6.07, 6.45) is 2.32. The highest BCUT2D eigenvalue weighted by Crippen LogP contribution is 2.29. The number of carboxylic acid groups (broad SMARTS) is 1. The Balaban J connectivity index is 2.21. The molecule has 0 aliphatic heterocycles. The Bertz CT molecular complexity index is 943. The first kappa shape index (κ1) is 21.5. The van der Waals surface area contributed by atoms with Gasteiger partial charge in [0.05, 0.1) is 6.61 Å². The highest BCUT2D eigenvalue weighted by molar-refractivity contribution is 6.09. The van der Waals surface area contributed by atoms with Crippen LogP contribution >= 0.6 is 0 Å². The molecule has 2 N–H and O–H groups in total. The predicted octanol–water partition coefficient (Wildman–Crippen LogP) is 3.66. The average molecular weight is 394 g/mol. The van der Waals surface area contributed by atoms with Gasteiger partial charge in [0, 0.05) is 5.69 Å². The van der Waals surface area contributed by atoms with Crippen molar-refractivity contribution in [3.8, 4) is 17.6 Å². The summed E-state index contributed by atoms with van der Waals surface area (Å²) in [7, 11) is 0. The molecule has 7 nitrogen and oxygen atoms in total. The summed E-state index contributed by atoms with van der Waals surface area (Å²) in [5.41, 5.74) is 2.21. The second-order valence-electron chi connectivity index (χ2n) is 6.00. The number of hydrogen-bond donors (Lipinski definition) is 2. The number of anilines is 1. The van der Waals surface area contributed by atoms with Crippen LogP contribution < -0.4 is 14.8 Å². The monoisotopic (exact) mass is 394 g/mol. The SMILES string of the molecule is CCOc1cc(/C=C(\C#N)C(=O)Nc2ccc(CC)cc2)ccc1OCC(=O)O. The Morgan fingerprint density at radius 1 is 1.10 bits per heavy atom. The standard InChI is InChI=1S/C22H22N2O5/c1-3-15-5-8-18(9-6-15)24-22(27)17(13-23)11-16-7-10-19(29-14-21(25)26)20(12-16)28-4-2/h5-12H,3-4,14H2,1-2H3,(H,24,27)(H,25,26)/b17-11+. The Morgan fingerprint density at radius 2 is 1.83 bits per heavy atom. The zero-order valence-corrected chi connectivity index (χ0v) is 16.3. The number of nitriles is 1. The molecule has 2 rings (SSSR count). The number of nitrogens with zero attached hydrogens (tertiary/aromatic N) is 1. The number of carboxylic acids is 1. The molecule has 0 unspecified atom stereocenters. The smallest absolute Gasteiger partial charge is 0.341 e. The van der Waals surface area contributed by atoms with Crippen LogP contribution in [0.15, 0.2) is 48.0 Å². The Hall–Kier alpha value is -3.79. The molecule has 0 aliphatic carbocycles. The van der Waals surface area contributed by atoms with Gasteiger partial charge in [-0.15, -0.1) is 0 Å². The normalized spacial score (nSPS) is 10.7. The third-order valence-electron chi connectivity index (χ3n) is 3.91. The van der Waals surface area contributed by atoms with Gasteiger partial charge < -0.3 is 19.9 Å². The minimum atomic E-state index is -1.10. The largest absolute Gasteiger partial charge is 0.490 e. The second-order valence-corrected chi connectivity index (χ2v) is 6.00. The molecule has 0 aromatic heterocycles. The molecular weight excluding hydrogens is 372 g/mol. The zero-order chi connectivity index (χ0) is 21.2. The zero-order valence-electron chi connectivity index (χ0n) is 16.3. The molecule has 0 saturated carbocycles. The first-order chi connectivity index (χ1) is 14.0. The number of aliphatic carboxylic acids is 1. The van der Waals surface area contributed by atoms with Gasteiger partial charge in [-0.1, -0.05) is 25.1 Å². The van der Waals surface area contributed by atoms with Gasteiger partial charge in [-0.2, -0.15) is 5.26 Å². The van der Waals surface area contributed by atoms with E-state index < -0.39 is 18.5 Å². The maximum Gasteiger partial charge on any atom is 0.341 e. The van der Waals surface area contributed by atoms with Crippen LogP contribution in [0.4, 0.5) is 5.69 Å². The molecule has 0 bridgehead atoms. The van der Waals surface area contributed by atoms with E-state index >= 15 is 0 Å². The van der Waals surface area contributed by atoms with Gasteiger partial charge in [0.25, 0.3) is 5.91 Å². The van der Waals surface area contributed by atoms with Crippen molar-refractivity contribution in [2.75, 3.05) is 18.5 Å². The van der Waals surface area contributed by atoms with Crippen molar-refractivity contribution in [1.82, 2.24) is 0 Å². The summed E-state index contributed by atoms with van der Waals surface area (Å²) >= 11 is 0. The van der Waals surface area contributed by atoms with Crippen LogP contribution in [-0.4, -0.2) is 30.2 Å². The van der Waals surface area contributed by atoms with Gasteiger partial charge in [-0.25, -0.2) is 4.79 Å². The maximum atomic E-state index is 12.4. The van der Waals surface area contributed by atoms with Crippen LogP contribution in [0.1, 0.15) is 25.0 Å². The van der Waals surface area contributed by atoms with Gasteiger partial charge in [-0.3, -0.25) is 4.79 Å². The van der Waals surface area contributed by atoms with E-state index in [1.807, 2.05) is 25.1 Å². The first-order valence-corrected chi connectivity index (χ1v) is 9.10. The van der Waals surface area contributed by atoms with E-state index in [4.69, 9.17) is 14.6 Å². The second kappa shape index (κ2) is 10.5. The topological polar surface area (TPSA) is 109 Å². The minimum Gasteiger partial charge on any atom is -0.490 e. The molecule has 1 amide bonds. The van der Waals surface area contributed by atoms with Crippen LogP contribution in [-0.2, 0) is 16.0 Å². The molecule has 29 heavy (non-hydrogen) atoms. The van der Waals surface area contributed by atoms with E-state index in [0.29, 0.717) is 23.6 Å². The number of aryl methyl sites for hydroxylation is 1. The number of hydrogen-bond acceptors (Lipinski definition) is 5. The van der Waals surface area contributed by atoms with Crippen molar-refractivity contribution >= 4 is 23.6 Å². The molecule has 2 aromatic rings. The Labute approximate surface area is 169 Å². The molecule has 0 radical (unpaired) electrons. The lowest BCUT2D eigenvalue weighted by Crippen LogP contribution is -2.13. The van der Waals surface area contributed by atoms with Crippen molar-refractivity contribution in [2.24, 2.45) is 0 Å². The van der Waals surface area contributed by atoms with Gasteiger partial charge in [0.2, 0.25) is 0 Å². The number of carbonyl (C=O) groups excluding carboxylic acids is 1. The number of carbonyl (C=O) groups is 2. The Kier molecular flexibility index (Phi) is 7.80. The molecular formula is C22H22N2O5. The molecule has 0 atom stereocenters.